The maximum atomic E-state index is 12.7. The van der Waals surface area contributed by atoms with Crippen molar-refractivity contribution >= 4 is 29.4 Å². The zero-order valence-electron chi connectivity index (χ0n) is 12.3. The highest BCUT2D eigenvalue weighted by Crippen LogP contribution is 2.53. The van der Waals surface area contributed by atoms with E-state index in [1.807, 2.05) is 12.2 Å². The normalized spacial score (nSPS) is 30.1. The van der Waals surface area contributed by atoms with Gasteiger partial charge in [0.05, 0.1) is 29.5 Å². The smallest absolute Gasteiger partial charge is 0.238 e. The van der Waals surface area contributed by atoms with Crippen LogP contribution < -0.4 is 15.1 Å². The summed E-state index contributed by atoms with van der Waals surface area (Å²) in [4.78, 5) is 48.5. The van der Waals surface area contributed by atoms with Gasteiger partial charge in [-0.2, -0.15) is 0 Å². The third kappa shape index (κ3) is 1.84. The van der Waals surface area contributed by atoms with Gasteiger partial charge in [0.25, 0.3) is 0 Å². The Hall–Kier alpha value is -2.96. The van der Waals surface area contributed by atoms with Crippen molar-refractivity contribution in [1.29, 1.82) is 0 Å². The van der Waals surface area contributed by atoms with E-state index in [0.717, 1.165) is 29.5 Å². The molecule has 1 aromatic rings. The Kier molecular flexibility index (Phi) is 2.90. The summed E-state index contributed by atoms with van der Waals surface area (Å²) in [6.07, 6.45) is 4.64. The second-order valence-corrected chi connectivity index (χ2v) is 6.36. The highest BCUT2D eigenvalue weighted by Gasteiger charge is 2.59. The van der Waals surface area contributed by atoms with Gasteiger partial charge >= 0.3 is 0 Å². The number of aromatic carboxylic acids is 2. The van der Waals surface area contributed by atoms with Crippen LogP contribution in [-0.4, -0.2) is 23.8 Å². The molecule has 1 heterocycles. The number of fused-ring (bicyclic) bond motifs is 5. The lowest BCUT2D eigenvalue weighted by Gasteiger charge is -2.20. The van der Waals surface area contributed by atoms with E-state index in [4.69, 9.17) is 0 Å². The molecule has 2 fully saturated rings. The van der Waals surface area contributed by atoms with Crippen molar-refractivity contribution in [2.24, 2.45) is 23.7 Å². The second kappa shape index (κ2) is 4.77. The number of nitrogens with zero attached hydrogens (tertiary/aromatic N) is 1. The number of allylic oxidation sites excluding steroid dienone is 2. The highest BCUT2D eigenvalue weighted by molar-refractivity contribution is 6.23. The summed E-state index contributed by atoms with van der Waals surface area (Å²) in [5, 5.41) is 22.2. The maximum Gasteiger partial charge on any atom is 0.238 e. The Labute approximate surface area is 136 Å². The standard InChI is InChI=1S/C17H13NO6/c19-14-12-7-1-2-8(3-7)13(12)15(20)18(14)11-5-9(16(21)22)4-10(6-11)17(23)24/h1-2,4-8,12-13H,3H2,(H,21,22)(H,23,24)/p-2. The molecule has 24 heavy (non-hydrogen) atoms. The zero-order valence-corrected chi connectivity index (χ0v) is 12.3. The molecular weight excluding hydrogens is 314 g/mol. The van der Waals surface area contributed by atoms with Crippen molar-refractivity contribution in [3.8, 4) is 0 Å². The van der Waals surface area contributed by atoms with Crippen molar-refractivity contribution < 1.29 is 29.4 Å². The minimum absolute atomic E-state index is 0.00591. The number of hydrogen-bond acceptors (Lipinski definition) is 6. The number of carboxylic acids is 2. The lowest BCUT2D eigenvalue weighted by molar-refractivity contribution is -0.255. The minimum atomic E-state index is -1.60. The molecule has 2 aliphatic carbocycles. The monoisotopic (exact) mass is 325 g/mol. The van der Waals surface area contributed by atoms with Crippen molar-refractivity contribution in [3.05, 3.63) is 41.5 Å². The molecule has 7 nitrogen and oxygen atoms in total. The third-order valence-corrected chi connectivity index (χ3v) is 5.12. The van der Waals surface area contributed by atoms with Crippen LogP contribution in [0, 0.1) is 23.7 Å². The lowest BCUT2D eigenvalue weighted by Crippen LogP contribution is -2.34. The molecule has 3 aliphatic rings. The number of carbonyl (C=O) groups is 4. The Morgan fingerprint density at radius 2 is 1.33 bits per heavy atom. The van der Waals surface area contributed by atoms with Crippen LogP contribution in [0.2, 0.25) is 0 Å². The summed E-state index contributed by atoms with van der Waals surface area (Å²) in [6.45, 7) is 0. The summed E-state index contributed by atoms with van der Waals surface area (Å²) in [7, 11) is 0. The van der Waals surface area contributed by atoms with Gasteiger partial charge in [-0.1, -0.05) is 12.2 Å². The predicted molar refractivity (Wildman–Crippen MR) is 75.3 cm³/mol. The van der Waals surface area contributed by atoms with Gasteiger partial charge in [0.2, 0.25) is 11.8 Å². The molecule has 2 bridgehead atoms. The molecule has 4 atom stereocenters. The Balaban J connectivity index is 1.79. The Morgan fingerprint density at radius 3 is 1.75 bits per heavy atom. The second-order valence-electron chi connectivity index (χ2n) is 6.36. The largest absolute Gasteiger partial charge is 0.545 e. The van der Waals surface area contributed by atoms with E-state index in [1.165, 1.54) is 0 Å². The number of hydrogen-bond donors (Lipinski definition) is 0. The average Bonchev–Trinajstić information content (AvgIpc) is 3.21. The first-order valence-corrected chi connectivity index (χ1v) is 7.52. The van der Waals surface area contributed by atoms with Crippen LogP contribution in [0.5, 0.6) is 0 Å². The van der Waals surface area contributed by atoms with Crippen LogP contribution >= 0.6 is 0 Å². The summed E-state index contributed by atoms with van der Waals surface area (Å²) in [5.41, 5.74) is -0.921. The van der Waals surface area contributed by atoms with E-state index in [0.29, 0.717) is 0 Å². The molecule has 4 rings (SSSR count). The summed E-state index contributed by atoms with van der Waals surface area (Å²) < 4.78 is 0. The first-order valence-electron chi connectivity index (χ1n) is 7.52. The molecule has 7 heteroatoms. The highest BCUT2D eigenvalue weighted by atomic mass is 16.4. The van der Waals surface area contributed by atoms with Gasteiger partial charge in [-0.15, -0.1) is 0 Å². The fourth-order valence-electron chi connectivity index (χ4n) is 4.13. The number of benzene rings is 1. The number of carbonyl (C=O) groups excluding carboxylic acids is 4. The molecule has 0 radical (unpaired) electrons. The Bertz CT molecular complexity index is 779. The number of anilines is 1. The van der Waals surface area contributed by atoms with Crippen molar-refractivity contribution in [1.82, 2.24) is 0 Å². The quantitative estimate of drug-likeness (QED) is 0.505. The molecule has 1 aliphatic heterocycles. The molecule has 1 saturated heterocycles. The molecule has 0 spiro atoms. The number of rotatable bonds is 3. The van der Waals surface area contributed by atoms with Gasteiger partial charge in [0.15, 0.2) is 0 Å². The molecule has 0 aromatic heterocycles. The first-order chi connectivity index (χ1) is 11.4. The van der Waals surface area contributed by atoms with Crippen LogP contribution in [0.25, 0.3) is 0 Å². The summed E-state index contributed by atoms with van der Waals surface area (Å²) in [5.74, 6) is -4.92. The van der Waals surface area contributed by atoms with Gasteiger partial charge in [0.1, 0.15) is 0 Å². The topological polar surface area (TPSA) is 118 Å². The molecule has 0 N–H and O–H groups in total. The van der Waals surface area contributed by atoms with E-state index in [1.54, 1.807) is 0 Å². The third-order valence-electron chi connectivity index (χ3n) is 5.12. The number of imide groups is 1. The van der Waals surface area contributed by atoms with Crippen molar-refractivity contribution in [3.63, 3.8) is 0 Å². The van der Waals surface area contributed by atoms with E-state index in [-0.39, 0.29) is 17.5 Å². The SMILES string of the molecule is O=C([O-])c1cc(C(=O)[O-])cc(N2C(=O)C3C4C=CC(C4)C3C2=O)c1. The van der Waals surface area contributed by atoms with Crippen molar-refractivity contribution in [2.45, 2.75) is 6.42 Å². The first kappa shape index (κ1) is 14.6. The zero-order chi connectivity index (χ0) is 17.2. The van der Waals surface area contributed by atoms with Crippen LogP contribution in [0.1, 0.15) is 27.1 Å². The lowest BCUT2D eigenvalue weighted by atomic mass is 9.85. The van der Waals surface area contributed by atoms with Crippen molar-refractivity contribution in [2.75, 3.05) is 4.90 Å². The molecule has 4 unspecified atom stereocenters. The number of carboxylic acid groups (broad SMARTS) is 2. The van der Waals surface area contributed by atoms with Gasteiger partial charge < -0.3 is 19.8 Å². The van der Waals surface area contributed by atoms with Crippen LogP contribution in [-0.2, 0) is 9.59 Å². The van der Waals surface area contributed by atoms with E-state index < -0.39 is 46.7 Å². The average molecular weight is 325 g/mol. The van der Waals surface area contributed by atoms with Crippen LogP contribution in [0.3, 0.4) is 0 Å². The maximum absolute atomic E-state index is 12.7. The van der Waals surface area contributed by atoms with Gasteiger partial charge in [0, 0.05) is 0 Å². The van der Waals surface area contributed by atoms with Crippen LogP contribution in [0.4, 0.5) is 5.69 Å². The van der Waals surface area contributed by atoms with Gasteiger partial charge in [-0.05, 0) is 47.6 Å². The van der Waals surface area contributed by atoms with Crippen LogP contribution in [0.15, 0.2) is 30.4 Å². The van der Waals surface area contributed by atoms with Gasteiger partial charge in [-0.3, -0.25) is 9.59 Å². The molecule has 1 saturated carbocycles. The minimum Gasteiger partial charge on any atom is -0.545 e. The molecular formula is C17H11NO6-2. The molecule has 1 aromatic carbocycles. The summed E-state index contributed by atoms with van der Waals surface area (Å²) >= 11 is 0. The molecule has 122 valence electrons. The number of amides is 2. The predicted octanol–water partition coefficient (Wildman–Crippen LogP) is -1.27. The Morgan fingerprint density at radius 1 is 0.875 bits per heavy atom. The van der Waals surface area contributed by atoms with E-state index in [9.17, 15) is 29.4 Å². The van der Waals surface area contributed by atoms with E-state index >= 15 is 0 Å². The van der Waals surface area contributed by atoms with Gasteiger partial charge in [-0.25, -0.2) is 4.90 Å². The molecule has 2 amide bonds. The summed E-state index contributed by atoms with van der Waals surface area (Å²) in [6, 6.07) is 3.03. The van der Waals surface area contributed by atoms with E-state index in [2.05, 4.69) is 0 Å². The fourth-order valence-corrected chi connectivity index (χ4v) is 4.13. The fraction of sp³-hybridized carbons (Fsp3) is 0.294.